The van der Waals surface area contributed by atoms with Crippen molar-refractivity contribution >= 4 is 0 Å². The molecule has 2 heteroatoms. The van der Waals surface area contributed by atoms with E-state index in [0.717, 1.165) is 12.5 Å². The highest BCUT2D eigenvalue weighted by atomic mass is 16.5. The molecule has 1 radical (unpaired) electrons. The number of ether oxygens (including phenoxy) is 1. The minimum atomic E-state index is 0.624. The molecule has 1 saturated carbocycles. The van der Waals surface area contributed by atoms with Crippen LogP contribution >= 0.6 is 0 Å². The standard InChI is InChI=1S/C9H10NO/c1-2-6-10-9(3-1)11-7-8-4-5-8/h1-2,6,8H,4-5,7H2. The Bertz CT molecular complexity index is 218. The highest BCUT2D eigenvalue weighted by Crippen LogP contribution is 2.28. The molecule has 2 rings (SSSR count). The summed E-state index contributed by atoms with van der Waals surface area (Å²) >= 11 is 0. The van der Waals surface area contributed by atoms with Crippen molar-refractivity contribution in [1.82, 2.24) is 4.98 Å². The molecule has 0 spiro atoms. The fourth-order valence-corrected chi connectivity index (χ4v) is 0.871. The lowest BCUT2D eigenvalue weighted by Crippen LogP contribution is -1.99. The Morgan fingerprint density at radius 2 is 2.55 bits per heavy atom. The molecule has 1 fully saturated rings. The largest absolute Gasteiger partial charge is 0.477 e. The molecule has 1 heterocycles. The summed E-state index contributed by atoms with van der Waals surface area (Å²) in [6, 6.07) is 6.57. The van der Waals surface area contributed by atoms with E-state index < -0.39 is 0 Å². The van der Waals surface area contributed by atoms with Gasteiger partial charge in [0.15, 0.2) is 0 Å². The Kier molecular flexibility index (Phi) is 1.76. The van der Waals surface area contributed by atoms with E-state index in [9.17, 15) is 0 Å². The monoisotopic (exact) mass is 148 g/mol. The predicted molar refractivity (Wildman–Crippen MR) is 41.3 cm³/mol. The zero-order valence-electron chi connectivity index (χ0n) is 6.29. The molecule has 0 aromatic carbocycles. The number of aromatic nitrogens is 1. The van der Waals surface area contributed by atoms with Gasteiger partial charge in [-0.25, -0.2) is 4.98 Å². The molecule has 57 valence electrons. The van der Waals surface area contributed by atoms with Gasteiger partial charge in [0.05, 0.1) is 6.61 Å². The molecule has 1 aliphatic rings. The van der Waals surface area contributed by atoms with Crippen LogP contribution < -0.4 is 4.74 Å². The molecule has 0 N–H and O–H groups in total. The molecule has 0 unspecified atom stereocenters. The van der Waals surface area contributed by atoms with E-state index in [0.29, 0.717) is 5.88 Å². The topological polar surface area (TPSA) is 22.1 Å². The summed E-state index contributed by atoms with van der Waals surface area (Å²) in [4.78, 5) is 4.00. The molecule has 0 aliphatic heterocycles. The first-order chi connectivity index (χ1) is 5.45. The summed E-state index contributed by atoms with van der Waals surface area (Å²) in [6.07, 6.45) is 4.35. The summed E-state index contributed by atoms with van der Waals surface area (Å²) in [5.41, 5.74) is 0. The van der Waals surface area contributed by atoms with Crippen molar-refractivity contribution in [2.24, 2.45) is 5.92 Å². The smallest absolute Gasteiger partial charge is 0.221 e. The summed E-state index contributed by atoms with van der Waals surface area (Å²) < 4.78 is 5.36. The van der Waals surface area contributed by atoms with Crippen LogP contribution in [0.1, 0.15) is 12.8 Å². The first kappa shape index (κ1) is 6.65. The Morgan fingerprint density at radius 3 is 3.18 bits per heavy atom. The van der Waals surface area contributed by atoms with Crippen LogP contribution in [0, 0.1) is 12.0 Å². The molecule has 0 amide bonds. The van der Waals surface area contributed by atoms with Crippen molar-refractivity contribution in [2.45, 2.75) is 12.8 Å². The third-order valence-electron chi connectivity index (χ3n) is 1.73. The Hall–Kier alpha value is -1.05. The van der Waals surface area contributed by atoms with Crippen molar-refractivity contribution in [3.8, 4) is 5.88 Å². The maximum atomic E-state index is 5.36. The van der Waals surface area contributed by atoms with E-state index in [4.69, 9.17) is 4.74 Å². The van der Waals surface area contributed by atoms with E-state index in [2.05, 4.69) is 11.1 Å². The second-order valence-corrected chi connectivity index (χ2v) is 2.84. The Morgan fingerprint density at radius 1 is 1.64 bits per heavy atom. The van der Waals surface area contributed by atoms with Crippen LogP contribution in [0.3, 0.4) is 0 Å². The quantitative estimate of drug-likeness (QED) is 0.650. The summed E-state index contributed by atoms with van der Waals surface area (Å²) in [7, 11) is 0. The number of pyridine rings is 1. The van der Waals surface area contributed by atoms with Crippen LogP contribution in [0.15, 0.2) is 18.3 Å². The van der Waals surface area contributed by atoms with E-state index >= 15 is 0 Å². The highest BCUT2D eigenvalue weighted by molar-refractivity contribution is 5.07. The number of nitrogens with zero attached hydrogens (tertiary/aromatic N) is 1. The first-order valence-electron chi connectivity index (χ1n) is 3.90. The van der Waals surface area contributed by atoms with Gasteiger partial charge in [-0.3, -0.25) is 0 Å². The molecule has 0 bridgehead atoms. The zero-order valence-corrected chi connectivity index (χ0v) is 6.29. The van der Waals surface area contributed by atoms with Crippen LogP contribution in [-0.4, -0.2) is 11.6 Å². The molecule has 1 aromatic heterocycles. The molecule has 1 aromatic rings. The SMILES string of the molecule is [c]1cccnc1OCC1CC1. The molecule has 11 heavy (non-hydrogen) atoms. The van der Waals surface area contributed by atoms with Crippen molar-refractivity contribution in [2.75, 3.05) is 6.61 Å². The minimum absolute atomic E-state index is 0.624. The van der Waals surface area contributed by atoms with Crippen molar-refractivity contribution in [1.29, 1.82) is 0 Å². The number of hydrogen-bond donors (Lipinski definition) is 0. The predicted octanol–water partition coefficient (Wildman–Crippen LogP) is 1.67. The van der Waals surface area contributed by atoms with E-state index in [-0.39, 0.29) is 0 Å². The van der Waals surface area contributed by atoms with Gasteiger partial charge in [-0.15, -0.1) is 0 Å². The maximum absolute atomic E-state index is 5.36. The van der Waals surface area contributed by atoms with Gasteiger partial charge < -0.3 is 4.74 Å². The minimum Gasteiger partial charge on any atom is -0.477 e. The lowest BCUT2D eigenvalue weighted by Gasteiger charge is -2.00. The maximum Gasteiger partial charge on any atom is 0.221 e. The van der Waals surface area contributed by atoms with Crippen LogP contribution in [0.25, 0.3) is 0 Å². The van der Waals surface area contributed by atoms with E-state index in [1.807, 2.05) is 12.1 Å². The van der Waals surface area contributed by atoms with Gasteiger partial charge in [-0.05, 0) is 30.9 Å². The number of rotatable bonds is 3. The second kappa shape index (κ2) is 2.91. The summed E-state index contributed by atoms with van der Waals surface area (Å²) in [5.74, 6) is 1.41. The van der Waals surface area contributed by atoms with Crippen molar-refractivity contribution in [3.63, 3.8) is 0 Å². The zero-order chi connectivity index (χ0) is 7.52. The fraction of sp³-hybridized carbons (Fsp3) is 0.444. The van der Waals surface area contributed by atoms with Gasteiger partial charge in [0.25, 0.3) is 0 Å². The van der Waals surface area contributed by atoms with Crippen LogP contribution in [0.2, 0.25) is 0 Å². The lowest BCUT2D eigenvalue weighted by molar-refractivity contribution is 0.288. The summed E-state index contributed by atoms with van der Waals surface area (Å²) in [5, 5.41) is 0. The lowest BCUT2D eigenvalue weighted by atomic mass is 10.4. The van der Waals surface area contributed by atoms with E-state index in [1.54, 1.807) is 6.20 Å². The van der Waals surface area contributed by atoms with Gasteiger partial charge in [0, 0.05) is 12.3 Å². The third kappa shape index (κ3) is 1.93. The van der Waals surface area contributed by atoms with Crippen LogP contribution in [-0.2, 0) is 0 Å². The molecule has 0 atom stereocenters. The molecule has 1 aliphatic carbocycles. The van der Waals surface area contributed by atoms with Gasteiger partial charge >= 0.3 is 0 Å². The number of hydrogen-bond acceptors (Lipinski definition) is 2. The van der Waals surface area contributed by atoms with Gasteiger partial charge in [-0.1, -0.05) is 0 Å². The Balaban J connectivity index is 1.85. The first-order valence-corrected chi connectivity index (χ1v) is 3.90. The van der Waals surface area contributed by atoms with E-state index in [1.165, 1.54) is 12.8 Å². The van der Waals surface area contributed by atoms with Crippen molar-refractivity contribution < 1.29 is 4.74 Å². The van der Waals surface area contributed by atoms with Crippen LogP contribution in [0.5, 0.6) is 5.88 Å². The molecule has 2 nitrogen and oxygen atoms in total. The highest BCUT2D eigenvalue weighted by Gasteiger charge is 2.21. The normalized spacial score (nSPS) is 16.4. The molecular formula is C9H10NO. The van der Waals surface area contributed by atoms with Gasteiger partial charge in [0.1, 0.15) is 0 Å². The molecular weight excluding hydrogens is 138 g/mol. The average Bonchev–Trinajstić information content (AvgIpc) is 2.86. The van der Waals surface area contributed by atoms with Gasteiger partial charge in [-0.2, -0.15) is 0 Å². The Labute approximate surface area is 66.2 Å². The fourth-order valence-electron chi connectivity index (χ4n) is 0.871. The molecule has 0 saturated heterocycles. The average molecular weight is 148 g/mol. The van der Waals surface area contributed by atoms with Crippen LogP contribution in [0.4, 0.5) is 0 Å². The third-order valence-corrected chi connectivity index (χ3v) is 1.73. The summed E-state index contributed by atoms with van der Waals surface area (Å²) in [6.45, 7) is 0.813. The second-order valence-electron chi connectivity index (χ2n) is 2.84. The van der Waals surface area contributed by atoms with Crippen molar-refractivity contribution in [3.05, 3.63) is 24.4 Å². The van der Waals surface area contributed by atoms with Gasteiger partial charge in [0.2, 0.25) is 5.88 Å².